The first-order valence-electron chi connectivity index (χ1n) is 9.71. The number of hydrogen-bond donors (Lipinski definition) is 1. The van der Waals surface area contributed by atoms with Crippen LogP contribution in [0.5, 0.6) is 0 Å². The monoisotopic (exact) mass is 409 g/mol. The van der Waals surface area contributed by atoms with E-state index in [9.17, 15) is 9.59 Å². The van der Waals surface area contributed by atoms with E-state index in [1.165, 1.54) is 21.9 Å². The van der Waals surface area contributed by atoms with Crippen molar-refractivity contribution in [2.24, 2.45) is 0 Å². The van der Waals surface area contributed by atoms with Gasteiger partial charge in [0.15, 0.2) is 0 Å². The van der Waals surface area contributed by atoms with Gasteiger partial charge in [0.1, 0.15) is 5.52 Å². The molecule has 3 aromatic rings. The summed E-state index contributed by atoms with van der Waals surface area (Å²) in [4.78, 5) is 27.0. The van der Waals surface area contributed by atoms with Crippen LogP contribution in [0.4, 0.5) is 5.69 Å². The molecule has 1 amide bonds. The Morgan fingerprint density at radius 2 is 1.83 bits per heavy atom. The number of thioether (sulfide) groups is 1. The Labute approximate surface area is 173 Å². The van der Waals surface area contributed by atoms with Crippen molar-refractivity contribution in [1.29, 1.82) is 0 Å². The molecule has 2 heterocycles. The van der Waals surface area contributed by atoms with Crippen LogP contribution < -0.4 is 15.8 Å². The van der Waals surface area contributed by atoms with Crippen LogP contribution in [0.1, 0.15) is 12.0 Å². The normalized spacial score (nSPS) is 14.1. The van der Waals surface area contributed by atoms with E-state index in [-0.39, 0.29) is 24.4 Å². The highest BCUT2D eigenvalue weighted by molar-refractivity contribution is 7.99. The van der Waals surface area contributed by atoms with E-state index in [0.717, 1.165) is 18.7 Å². The number of aromatic nitrogens is 3. The van der Waals surface area contributed by atoms with Gasteiger partial charge in [-0.15, -0.1) is 5.10 Å². The molecule has 7 nitrogen and oxygen atoms in total. The molecule has 1 fully saturated rings. The van der Waals surface area contributed by atoms with E-state index in [0.29, 0.717) is 17.4 Å². The molecular weight excluding hydrogens is 386 g/mol. The Hall–Kier alpha value is -2.87. The van der Waals surface area contributed by atoms with Gasteiger partial charge >= 0.3 is 0 Å². The molecule has 1 aliphatic heterocycles. The summed E-state index contributed by atoms with van der Waals surface area (Å²) in [5.41, 5.74) is 2.62. The van der Waals surface area contributed by atoms with E-state index in [1.807, 2.05) is 17.8 Å². The first-order chi connectivity index (χ1) is 14.2. The van der Waals surface area contributed by atoms with Crippen LogP contribution in [0.15, 0.2) is 53.3 Å². The van der Waals surface area contributed by atoms with Crippen molar-refractivity contribution in [2.45, 2.75) is 19.5 Å². The van der Waals surface area contributed by atoms with Crippen molar-refractivity contribution in [2.75, 3.05) is 29.5 Å². The lowest BCUT2D eigenvalue weighted by molar-refractivity contribution is -0.121. The maximum Gasteiger partial charge on any atom is 0.277 e. The molecule has 1 saturated heterocycles. The Kier molecular flexibility index (Phi) is 6.09. The van der Waals surface area contributed by atoms with Crippen molar-refractivity contribution in [1.82, 2.24) is 20.3 Å². The Morgan fingerprint density at radius 3 is 2.62 bits per heavy atom. The van der Waals surface area contributed by atoms with Crippen LogP contribution in [-0.4, -0.2) is 45.5 Å². The van der Waals surface area contributed by atoms with Gasteiger partial charge in [0.2, 0.25) is 5.91 Å². The number of carbonyl (C=O) groups excluding carboxylic acids is 1. The SMILES string of the molecule is O=C(CCn1nnc2ccccc2c1=O)NCc1ccc(N2CCSCC2)cc1. The van der Waals surface area contributed by atoms with Crippen molar-refractivity contribution in [3.05, 3.63) is 64.4 Å². The van der Waals surface area contributed by atoms with Crippen molar-refractivity contribution in [3.8, 4) is 0 Å². The average molecular weight is 410 g/mol. The van der Waals surface area contributed by atoms with Crippen LogP contribution >= 0.6 is 11.8 Å². The molecule has 0 aliphatic carbocycles. The highest BCUT2D eigenvalue weighted by Crippen LogP contribution is 2.19. The number of carbonyl (C=O) groups is 1. The lowest BCUT2D eigenvalue weighted by Gasteiger charge is -2.28. The van der Waals surface area contributed by atoms with E-state index >= 15 is 0 Å². The van der Waals surface area contributed by atoms with E-state index in [1.54, 1.807) is 18.2 Å². The minimum Gasteiger partial charge on any atom is -0.370 e. The molecule has 29 heavy (non-hydrogen) atoms. The third-order valence-corrected chi connectivity index (χ3v) is 5.92. The number of nitrogens with zero attached hydrogens (tertiary/aromatic N) is 4. The summed E-state index contributed by atoms with van der Waals surface area (Å²) in [5, 5.41) is 11.4. The number of aryl methyl sites for hydroxylation is 1. The first-order valence-corrected chi connectivity index (χ1v) is 10.9. The molecule has 1 aromatic heterocycles. The fourth-order valence-electron chi connectivity index (χ4n) is 3.31. The number of benzene rings is 2. The standard InChI is InChI=1S/C21H23N5O2S/c27-20(9-10-26-21(28)18-3-1-2-4-19(18)23-24-26)22-15-16-5-7-17(8-6-16)25-11-13-29-14-12-25/h1-8H,9-15H2,(H,22,27). The van der Waals surface area contributed by atoms with E-state index in [2.05, 4.69) is 44.8 Å². The fraction of sp³-hybridized carbons (Fsp3) is 0.333. The topological polar surface area (TPSA) is 80.1 Å². The molecule has 0 atom stereocenters. The van der Waals surface area contributed by atoms with Gasteiger partial charge in [-0.05, 0) is 29.8 Å². The summed E-state index contributed by atoms with van der Waals surface area (Å²) >= 11 is 1.99. The van der Waals surface area contributed by atoms with Crippen molar-refractivity contribution in [3.63, 3.8) is 0 Å². The Bertz CT molecular complexity index is 1040. The zero-order chi connectivity index (χ0) is 20.1. The summed E-state index contributed by atoms with van der Waals surface area (Å²) in [6, 6.07) is 15.4. The average Bonchev–Trinajstić information content (AvgIpc) is 2.78. The molecule has 2 aromatic carbocycles. The number of nitrogens with one attached hydrogen (secondary N) is 1. The van der Waals surface area contributed by atoms with Gasteiger partial charge in [0, 0.05) is 43.2 Å². The number of amides is 1. The lowest BCUT2D eigenvalue weighted by Crippen LogP contribution is -2.32. The Balaban J connectivity index is 1.29. The maximum atomic E-state index is 12.4. The van der Waals surface area contributed by atoms with Crippen LogP contribution in [0.25, 0.3) is 10.9 Å². The number of rotatable bonds is 6. The van der Waals surface area contributed by atoms with Gasteiger partial charge in [0.05, 0.1) is 11.9 Å². The first kappa shape index (κ1) is 19.4. The number of anilines is 1. The summed E-state index contributed by atoms with van der Waals surface area (Å²) in [7, 11) is 0. The van der Waals surface area contributed by atoms with Crippen LogP contribution in [0.2, 0.25) is 0 Å². The summed E-state index contributed by atoms with van der Waals surface area (Å²) in [6.45, 7) is 2.83. The van der Waals surface area contributed by atoms with Gasteiger partial charge in [-0.1, -0.05) is 29.5 Å². The van der Waals surface area contributed by atoms with Gasteiger partial charge in [0.25, 0.3) is 5.56 Å². The van der Waals surface area contributed by atoms with Crippen molar-refractivity contribution < 1.29 is 4.79 Å². The molecule has 1 N–H and O–H groups in total. The third-order valence-electron chi connectivity index (χ3n) is 4.98. The van der Waals surface area contributed by atoms with Gasteiger partial charge in [-0.2, -0.15) is 11.8 Å². The van der Waals surface area contributed by atoms with Gasteiger partial charge in [-0.3, -0.25) is 9.59 Å². The molecule has 0 spiro atoms. The van der Waals surface area contributed by atoms with Crippen LogP contribution in [0, 0.1) is 0 Å². The van der Waals surface area contributed by atoms with Crippen LogP contribution in [-0.2, 0) is 17.9 Å². The van der Waals surface area contributed by atoms with E-state index < -0.39 is 0 Å². The molecule has 0 unspecified atom stereocenters. The van der Waals surface area contributed by atoms with Gasteiger partial charge < -0.3 is 10.2 Å². The largest absolute Gasteiger partial charge is 0.370 e. The van der Waals surface area contributed by atoms with Gasteiger partial charge in [-0.25, -0.2) is 4.68 Å². The maximum absolute atomic E-state index is 12.4. The minimum absolute atomic E-state index is 0.121. The number of fused-ring (bicyclic) bond motifs is 1. The summed E-state index contributed by atoms with van der Waals surface area (Å²) in [6.07, 6.45) is 0.177. The molecule has 4 rings (SSSR count). The molecule has 8 heteroatoms. The highest BCUT2D eigenvalue weighted by atomic mass is 32.2. The van der Waals surface area contributed by atoms with E-state index in [4.69, 9.17) is 0 Å². The smallest absolute Gasteiger partial charge is 0.277 e. The summed E-state index contributed by atoms with van der Waals surface area (Å²) < 4.78 is 1.24. The zero-order valence-electron chi connectivity index (χ0n) is 16.1. The fourth-order valence-corrected chi connectivity index (χ4v) is 4.22. The molecule has 1 aliphatic rings. The molecular formula is C21H23N5O2S. The second kappa shape index (κ2) is 9.09. The second-order valence-electron chi connectivity index (χ2n) is 6.93. The molecule has 0 radical (unpaired) electrons. The van der Waals surface area contributed by atoms with Crippen molar-refractivity contribution >= 4 is 34.3 Å². The minimum atomic E-state index is -0.227. The Morgan fingerprint density at radius 1 is 1.07 bits per heavy atom. The molecule has 150 valence electrons. The third kappa shape index (κ3) is 4.76. The molecule has 0 saturated carbocycles. The zero-order valence-corrected chi connectivity index (χ0v) is 16.9. The summed E-state index contributed by atoms with van der Waals surface area (Å²) in [5.74, 6) is 2.22. The predicted molar refractivity (Wildman–Crippen MR) is 116 cm³/mol. The lowest BCUT2D eigenvalue weighted by atomic mass is 10.2. The second-order valence-corrected chi connectivity index (χ2v) is 8.15. The molecule has 0 bridgehead atoms. The highest BCUT2D eigenvalue weighted by Gasteiger charge is 2.11. The quantitative estimate of drug-likeness (QED) is 0.671. The number of hydrogen-bond acceptors (Lipinski definition) is 6. The van der Waals surface area contributed by atoms with Crippen LogP contribution in [0.3, 0.4) is 0 Å². The predicted octanol–water partition coefficient (Wildman–Crippen LogP) is 2.05.